The van der Waals surface area contributed by atoms with Gasteiger partial charge in [-0.3, -0.25) is 19.7 Å². The SMILES string of the molecule is CCOC(=O)c1c(NC(C)=O)sc2c(OCC(=O)c3ccc([N+](=O)[O-])cc3)c(Br)ccc12. The van der Waals surface area contributed by atoms with Crippen LogP contribution < -0.4 is 10.1 Å². The van der Waals surface area contributed by atoms with Crippen molar-refractivity contribution < 1.29 is 28.8 Å². The maximum Gasteiger partial charge on any atom is 0.341 e. The Morgan fingerprint density at radius 3 is 2.44 bits per heavy atom. The minimum absolute atomic E-state index is 0.120. The molecule has 0 saturated heterocycles. The number of Topliss-reactive ketones (excluding diaryl/α,β-unsaturated/α-hetero) is 1. The first-order valence-corrected chi connectivity index (χ1v) is 10.9. The zero-order chi connectivity index (χ0) is 23.4. The highest BCUT2D eigenvalue weighted by Crippen LogP contribution is 2.44. The predicted molar refractivity (Wildman–Crippen MR) is 123 cm³/mol. The molecule has 0 aliphatic rings. The summed E-state index contributed by atoms with van der Waals surface area (Å²) < 4.78 is 12.0. The van der Waals surface area contributed by atoms with Gasteiger partial charge in [-0.2, -0.15) is 0 Å². The molecule has 32 heavy (non-hydrogen) atoms. The Kier molecular flexibility index (Phi) is 7.21. The Bertz CT molecular complexity index is 1220. The molecule has 0 spiro atoms. The molecule has 0 bridgehead atoms. The second-order valence-electron chi connectivity index (χ2n) is 6.48. The predicted octanol–water partition coefficient (Wildman–Crippen LogP) is 4.97. The average Bonchev–Trinajstić information content (AvgIpc) is 3.10. The van der Waals surface area contributed by atoms with Gasteiger partial charge in [0.05, 0.1) is 20.7 Å². The lowest BCUT2D eigenvalue weighted by molar-refractivity contribution is -0.384. The molecule has 0 aliphatic carbocycles. The summed E-state index contributed by atoms with van der Waals surface area (Å²) in [7, 11) is 0. The normalized spacial score (nSPS) is 10.6. The van der Waals surface area contributed by atoms with E-state index in [0.717, 1.165) is 11.3 Å². The van der Waals surface area contributed by atoms with Crippen LogP contribution in [0.5, 0.6) is 5.75 Å². The molecule has 1 heterocycles. The van der Waals surface area contributed by atoms with Gasteiger partial charge in [0.2, 0.25) is 5.91 Å². The van der Waals surface area contributed by atoms with Crippen LogP contribution in [0.2, 0.25) is 0 Å². The Hall–Kier alpha value is -3.31. The third-order valence-corrected chi connectivity index (χ3v) is 6.03. The molecule has 0 fully saturated rings. The van der Waals surface area contributed by atoms with Crippen LogP contribution in [0.4, 0.5) is 10.7 Å². The van der Waals surface area contributed by atoms with Crippen molar-refractivity contribution in [2.24, 2.45) is 0 Å². The number of carbonyl (C=O) groups excluding carboxylic acids is 3. The smallest absolute Gasteiger partial charge is 0.341 e. The summed E-state index contributed by atoms with van der Waals surface area (Å²) in [5.74, 6) is -0.993. The van der Waals surface area contributed by atoms with Crippen molar-refractivity contribution in [1.29, 1.82) is 0 Å². The van der Waals surface area contributed by atoms with E-state index in [-0.39, 0.29) is 41.7 Å². The fraction of sp³-hybridized carbons (Fsp3) is 0.190. The number of nitrogens with one attached hydrogen (secondary N) is 1. The molecule has 0 unspecified atom stereocenters. The largest absolute Gasteiger partial charge is 0.483 e. The van der Waals surface area contributed by atoms with Gasteiger partial charge in [0.1, 0.15) is 10.6 Å². The number of esters is 1. The Morgan fingerprint density at radius 2 is 1.84 bits per heavy atom. The third kappa shape index (κ3) is 4.94. The van der Waals surface area contributed by atoms with Crippen LogP contribution in [0.25, 0.3) is 10.1 Å². The average molecular weight is 521 g/mol. The van der Waals surface area contributed by atoms with Crippen molar-refractivity contribution in [1.82, 2.24) is 0 Å². The minimum Gasteiger partial charge on any atom is -0.483 e. The summed E-state index contributed by atoms with van der Waals surface area (Å²) in [4.78, 5) is 46.9. The lowest BCUT2D eigenvalue weighted by atomic mass is 10.1. The third-order valence-electron chi connectivity index (χ3n) is 4.28. The summed E-state index contributed by atoms with van der Waals surface area (Å²) in [6.07, 6.45) is 0. The van der Waals surface area contributed by atoms with Gasteiger partial charge >= 0.3 is 5.97 Å². The van der Waals surface area contributed by atoms with Crippen molar-refractivity contribution in [3.63, 3.8) is 0 Å². The summed E-state index contributed by atoms with van der Waals surface area (Å²) in [5.41, 5.74) is 0.350. The maximum absolute atomic E-state index is 12.5. The molecule has 3 rings (SSSR count). The van der Waals surface area contributed by atoms with E-state index < -0.39 is 10.9 Å². The Morgan fingerprint density at radius 1 is 1.16 bits per heavy atom. The van der Waals surface area contributed by atoms with Crippen LogP contribution in [0.15, 0.2) is 40.9 Å². The standard InChI is InChI=1S/C21H17BrN2O7S/c1-3-30-21(27)17-14-8-9-15(22)18(19(14)32-20(17)23-11(2)25)31-10-16(26)12-4-6-13(7-5-12)24(28)29/h4-9H,3,10H2,1-2H3,(H,23,25). The van der Waals surface area contributed by atoms with E-state index in [1.807, 2.05) is 0 Å². The number of amides is 1. The summed E-state index contributed by atoms with van der Waals surface area (Å²) in [6.45, 7) is 2.84. The lowest BCUT2D eigenvalue weighted by Crippen LogP contribution is -2.12. The van der Waals surface area contributed by atoms with Gasteiger partial charge in [-0.1, -0.05) is 6.07 Å². The number of non-ortho nitro benzene ring substituents is 1. The number of nitro groups is 1. The number of anilines is 1. The molecule has 3 aromatic rings. The van der Waals surface area contributed by atoms with E-state index in [4.69, 9.17) is 9.47 Å². The van der Waals surface area contributed by atoms with Gasteiger partial charge in [0.15, 0.2) is 18.1 Å². The van der Waals surface area contributed by atoms with E-state index in [0.29, 0.717) is 25.3 Å². The van der Waals surface area contributed by atoms with Crippen molar-refractivity contribution >= 4 is 65.7 Å². The van der Waals surface area contributed by atoms with Crippen molar-refractivity contribution in [3.05, 3.63) is 62.1 Å². The van der Waals surface area contributed by atoms with Crippen molar-refractivity contribution in [3.8, 4) is 5.75 Å². The van der Waals surface area contributed by atoms with Crippen molar-refractivity contribution in [2.75, 3.05) is 18.5 Å². The number of benzene rings is 2. The highest BCUT2D eigenvalue weighted by atomic mass is 79.9. The fourth-order valence-corrected chi connectivity index (χ4v) is 4.70. The van der Waals surface area contributed by atoms with E-state index in [2.05, 4.69) is 21.2 Å². The number of hydrogen-bond acceptors (Lipinski definition) is 8. The van der Waals surface area contributed by atoms with Crippen molar-refractivity contribution in [2.45, 2.75) is 13.8 Å². The van der Waals surface area contributed by atoms with Gasteiger partial charge in [0, 0.05) is 30.0 Å². The molecule has 9 nitrogen and oxygen atoms in total. The first kappa shape index (κ1) is 23.4. The molecule has 11 heteroatoms. The Balaban J connectivity index is 1.94. The number of fused-ring (bicyclic) bond motifs is 1. The minimum atomic E-state index is -0.585. The number of thiophene rings is 1. The summed E-state index contributed by atoms with van der Waals surface area (Å²) in [6, 6.07) is 8.57. The zero-order valence-corrected chi connectivity index (χ0v) is 19.4. The molecule has 1 amide bonds. The van der Waals surface area contributed by atoms with Crippen LogP contribution in [-0.4, -0.2) is 35.8 Å². The fourth-order valence-electron chi connectivity index (χ4n) is 2.89. The van der Waals surface area contributed by atoms with Crippen LogP contribution in [0.1, 0.15) is 34.6 Å². The maximum atomic E-state index is 12.5. The second-order valence-corrected chi connectivity index (χ2v) is 8.35. The lowest BCUT2D eigenvalue weighted by Gasteiger charge is -2.09. The molecule has 0 radical (unpaired) electrons. The highest BCUT2D eigenvalue weighted by Gasteiger charge is 2.24. The van der Waals surface area contributed by atoms with Gasteiger partial charge in [-0.05, 0) is 41.1 Å². The molecule has 0 atom stereocenters. The number of rotatable bonds is 8. The number of ether oxygens (including phenoxy) is 2. The van der Waals surface area contributed by atoms with Crippen LogP contribution in [-0.2, 0) is 9.53 Å². The van der Waals surface area contributed by atoms with Gasteiger partial charge in [0.25, 0.3) is 5.69 Å². The van der Waals surface area contributed by atoms with Crippen LogP contribution in [0, 0.1) is 10.1 Å². The van der Waals surface area contributed by atoms with Crippen LogP contribution in [0.3, 0.4) is 0 Å². The molecule has 1 aromatic heterocycles. The van der Waals surface area contributed by atoms with E-state index in [1.165, 1.54) is 31.2 Å². The number of carbonyl (C=O) groups is 3. The van der Waals surface area contributed by atoms with E-state index in [9.17, 15) is 24.5 Å². The molecule has 1 N–H and O–H groups in total. The molecule has 166 valence electrons. The second kappa shape index (κ2) is 9.88. The van der Waals surface area contributed by atoms with Gasteiger partial charge < -0.3 is 14.8 Å². The van der Waals surface area contributed by atoms with Crippen LogP contribution >= 0.6 is 27.3 Å². The number of halogens is 1. The topological polar surface area (TPSA) is 125 Å². The first-order chi connectivity index (χ1) is 15.2. The molecule has 0 saturated carbocycles. The number of hydrogen-bond donors (Lipinski definition) is 1. The first-order valence-electron chi connectivity index (χ1n) is 9.33. The monoisotopic (exact) mass is 520 g/mol. The van der Waals surface area contributed by atoms with Gasteiger partial charge in [-0.25, -0.2) is 4.79 Å². The molecule has 0 aliphatic heterocycles. The quantitative estimate of drug-likeness (QED) is 0.192. The molecular formula is C21H17BrN2O7S. The summed E-state index contributed by atoms with van der Waals surface area (Å²) >= 11 is 4.52. The van der Waals surface area contributed by atoms with Gasteiger partial charge in [-0.15, -0.1) is 11.3 Å². The molecular weight excluding hydrogens is 504 g/mol. The number of nitrogens with zero attached hydrogens (tertiary/aromatic N) is 1. The number of ketones is 1. The highest BCUT2D eigenvalue weighted by molar-refractivity contribution is 9.10. The Labute approximate surface area is 194 Å². The van der Waals surface area contributed by atoms with E-state index >= 15 is 0 Å². The summed E-state index contributed by atoms with van der Waals surface area (Å²) in [5, 5.41) is 14.2. The molecule has 2 aromatic carbocycles. The number of nitro benzene ring substituents is 1. The van der Waals surface area contributed by atoms with E-state index in [1.54, 1.807) is 19.1 Å². The zero-order valence-electron chi connectivity index (χ0n) is 17.0.